The molecule has 0 heterocycles. The summed E-state index contributed by atoms with van der Waals surface area (Å²) in [6, 6.07) is 5.61. The van der Waals surface area contributed by atoms with Crippen LogP contribution in [0.1, 0.15) is 31.4 Å². The van der Waals surface area contributed by atoms with Gasteiger partial charge in [0.25, 0.3) is 0 Å². The van der Waals surface area contributed by atoms with Gasteiger partial charge in [0, 0.05) is 16.6 Å². The molecule has 0 saturated carbocycles. The Balaban J connectivity index is 2.95. The van der Waals surface area contributed by atoms with Crippen LogP contribution in [0.5, 0.6) is 5.75 Å². The maximum Gasteiger partial charge on any atom is 0.125 e. The molecule has 0 aromatic heterocycles. The Morgan fingerprint density at radius 1 is 1.50 bits per heavy atom. The van der Waals surface area contributed by atoms with Gasteiger partial charge in [0.2, 0.25) is 0 Å². The minimum Gasteiger partial charge on any atom is -0.496 e. The summed E-state index contributed by atoms with van der Waals surface area (Å²) in [6.07, 6.45) is 2.02. The molecule has 14 heavy (non-hydrogen) atoms. The largest absolute Gasteiger partial charge is 0.496 e. The number of benzene rings is 1. The van der Waals surface area contributed by atoms with E-state index in [4.69, 9.17) is 22.1 Å². The Labute approximate surface area is 90.0 Å². The SMILES string of the molecule is CCCC(N)c1ccc(Cl)cc1OC. The first-order chi connectivity index (χ1) is 6.69. The van der Waals surface area contributed by atoms with Crippen molar-refractivity contribution in [1.82, 2.24) is 0 Å². The zero-order valence-electron chi connectivity index (χ0n) is 8.59. The van der Waals surface area contributed by atoms with Crippen LogP contribution in [0, 0.1) is 0 Å². The standard InChI is InChI=1S/C11H16ClNO/c1-3-4-10(13)9-6-5-8(12)7-11(9)14-2/h5-7,10H,3-4,13H2,1-2H3. The maximum atomic E-state index is 6.01. The van der Waals surface area contributed by atoms with Gasteiger partial charge < -0.3 is 10.5 Å². The first-order valence-corrected chi connectivity index (χ1v) is 5.15. The third-order valence-corrected chi connectivity index (χ3v) is 2.43. The zero-order valence-corrected chi connectivity index (χ0v) is 9.34. The molecule has 0 aliphatic heterocycles. The predicted octanol–water partition coefficient (Wildman–Crippen LogP) is 3.15. The molecule has 2 N–H and O–H groups in total. The van der Waals surface area contributed by atoms with E-state index in [0.717, 1.165) is 24.2 Å². The number of hydrogen-bond acceptors (Lipinski definition) is 2. The van der Waals surface area contributed by atoms with Crippen LogP contribution in [-0.4, -0.2) is 7.11 Å². The van der Waals surface area contributed by atoms with Gasteiger partial charge in [-0.1, -0.05) is 31.0 Å². The van der Waals surface area contributed by atoms with Crippen LogP contribution in [0.4, 0.5) is 0 Å². The monoisotopic (exact) mass is 213 g/mol. The third-order valence-electron chi connectivity index (χ3n) is 2.19. The summed E-state index contributed by atoms with van der Waals surface area (Å²) in [6.45, 7) is 2.11. The average molecular weight is 214 g/mol. The van der Waals surface area contributed by atoms with Crippen LogP contribution in [0.25, 0.3) is 0 Å². The molecule has 0 aliphatic carbocycles. The van der Waals surface area contributed by atoms with Crippen LogP contribution in [0.2, 0.25) is 5.02 Å². The maximum absolute atomic E-state index is 6.01. The summed E-state index contributed by atoms with van der Waals surface area (Å²) < 4.78 is 5.23. The number of halogens is 1. The molecule has 1 atom stereocenters. The number of rotatable bonds is 4. The fourth-order valence-corrected chi connectivity index (χ4v) is 1.62. The van der Waals surface area contributed by atoms with Crippen LogP contribution in [0.15, 0.2) is 18.2 Å². The Hall–Kier alpha value is -0.730. The van der Waals surface area contributed by atoms with E-state index in [0.29, 0.717) is 5.02 Å². The van der Waals surface area contributed by atoms with Crippen molar-refractivity contribution in [1.29, 1.82) is 0 Å². The molecular weight excluding hydrogens is 198 g/mol. The summed E-state index contributed by atoms with van der Waals surface area (Å²) in [4.78, 5) is 0. The van der Waals surface area contributed by atoms with Gasteiger partial charge in [-0.15, -0.1) is 0 Å². The van der Waals surface area contributed by atoms with Crippen molar-refractivity contribution < 1.29 is 4.74 Å². The van der Waals surface area contributed by atoms with Crippen molar-refractivity contribution >= 4 is 11.6 Å². The first-order valence-electron chi connectivity index (χ1n) is 4.78. The smallest absolute Gasteiger partial charge is 0.125 e. The molecule has 0 fully saturated rings. The van der Waals surface area contributed by atoms with E-state index in [-0.39, 0.29) is 6.04 Å². The van der Waals surface area contributed by atoms with E-state index in [1.165, 1.54) is 0 Å². The normalized spacial score (nSPS) is 12.6. The molecule has 0 bridgehead atoms. The number of nitrogens with two attached hydrogens (primary N) is 1. The lowest BCUT2D eigenvalue weighted by Gasteiger charge is -2.14. The molecule has 0 spiro atoms. The van der Waals surface area contributed by atoms with Crippen molar-refractivity contribution in [3.8, 4) is 5.75 Å². The van der Waals surface area contributed by atoms with Gasteiger partial charge in [-0.3, -0.25) is 0 Å². The highest BCUT2D eigenvalue weighted by atomic mass is 35.5. The van der Waals surface area contributed by atoms with E-state index >= 15 is 0 Å². The fraction of sp³-hybridized carbons (Fsp3) is 0.455. The highest BCUT2D eigenvalue weighted by Gasteiger charge is 2.10. The molecule has 1 aromatic carbocycles. The average Bonchev–Trinajstić information content (AvgIpc) is 2.17. The van der Waals surface area contributed by atoms with Crippen LogP contribution in [0.3, 0.4) is 0 Å². The lowest BCUT2D eigenvalue weighted by Crippen LogP contribution is -2.10. The Morgan fingerprint density at radius 2 is 2.21 bits per heavy atom. The fourth-order valence-electron chi connectivity index (χ4n) is 1.46. The molecule has 1 rings (SSSR count). The number of methoxy groups -OCH3 is 1. The van der Waals surface area contributed by atoms with E-state index in [2.05, 4.69) is 6.92 Å². The second kappa shape index (κ2) is 5.23. The molecule has 3 heteroatoms. The van der Waals surface area contributed by atoms with Gasteiger partial charge in [-0.05, 0) is 18.6 Å². The Kier molecular flexibility index (Phi) is 4.23. The molecule has 1 aromatic rings. The van der Waals surface area contributed by atoms with E-state index in [1.807, 2.05) is 12.1 Å². The summed E-state index contributed by atoms with van der Waals surface area (Å²) in [5.41, 5.74) is 7.04. The lowest BCUT2D eigenvalue weighted by atomic mass is 10.0. The Morgan fingerprint density at radius 3 is 2.79 bits per heavy atom. The van der Waals surface area contributed by atoms with Crippen molar-refractivity contribution in [3.05, 3.63) is 28.8 Å². The summed E-state index contributed by atoms with van der Waals surface area (Å²) in [5.74, 6) is 0.776. The summed E-state index contributed by atoms with van der Waals surface area (Å²) in [5, 5.41) is 0.675. The molecular formula is C11H16ClNO. The molecule has 78 valence electrons. The van der Waals surface area contributed by atoms with Crippen LogP contribution >= 0.6 is 11.6 Å². The van der Waals surface area contributed by atoms with Gasteiger partial charge in [-0.25, -0.2) is 0 Å². The third kappa shape index (κ3) is 2.63. The highest BCUT2D eigenvalue weighted by molar-refractivity contribution is 6.30. The minimum atomic E-state index is 0.0345. The van der Waals surface area contributed by atoms with Gasteiger partial charge in [0.15, 0.2) is 0 Å². The lowest BCUT2D eigenvalue weighted by molar-refractivity contribution is 0.404. The topological polar surface area (TPSA) is 35.2 Å². The van der Waals surface area contributed by atoms with Crippen molar-refractivity contribution in [2.45, 2.75) is 25.8 Å². The zero-order chi connectivity index (χ0) is 10.6. The van der Waals surface area contributed by atoms with Gasteiger partial charge in [0.1, 0.15) is 5.75 Å². The van der Waals surface area contributed by atoms with Crippen LogP contribution in [-0.2, 0) is 0 Å². The Bertz CT molecular complexity index is 301. The molecule has 0 radical (unpaired) electrons. The van der Waals surface area contributed by atoms with Crippen LogP contribution < -0.4 is 10.5 Å². The quantitative estimate of drug-likeness (QED) is 0.834. The second-order valence-electron chi connectivity index (χ2n) is 3.28. The molecule has 1 unspecified atom stereocenters. The van der Waals surface area contributed by atoms with Crippen molar-refractivity contribution in [2.24, 2.45) is 5.73 Å². The predicted molar refractivity (Wildman–Crippen MR) is 59.8 cm³/mol. The molecule has 0 aliphatic rings. The van der Waals surface area contributed by atoms with Gasteiger partial charge in [0.05, 0.1) is 7.11 Å². The number of ether oxygens (including phenoxy) is 1. The first kappa shape index (κ1) is 11.3. The number of hydrogen-bond donors (Lipinski definition) is 1. The summed E-state index contributed by atoms with van der Waals surface area (Å²) >= 11 is 5.86. The van der Waals surface area contributed by atoms with Crippen molar-refractivity contribution in [3.63, 3.8) is 0 Å². The summed E-state index contributed by atoms with van der Waals surface area (Å²) in [7, 11) is 1.63. The van der Waals surface area contributed by atoms with E-state index in [1.54, 1.807) is 13.2 Å². The van der Waals surface area contributed by atoms with E-state index < -0.39 is 0 Å². The molecule has 2 nitrogen and oxygen atoms in total. The minimum absolute atomic E-state index is 0.0345. The van der Waals surface area contributed by atoms with E-state index in [9.17, 15) is 0 Å². The molecule has 0 amide bonds. The second-order valence-corrected chi connectivity index (χ2v) is 3.72. The molecule has 0 saturated heterocycles. The highest BCUT2D eigenvalue weighted by Crippen LogP contribution is 2.29. The van der Waals surface area contributed by atoms with Gasteiger partial charge >= 0.3 is 0 Å². The van der Waals surface area contributed by atoms with Gasteiger partial charge in [-0.2, -0.15) is 0 Å². The van der Waals surface area contributed by atoms with Crippen molar-refractivity contribution in [2.75, 3.05) is 7.11 Å².